The highest BCUT2D eigenvalue weighted by atomic mass is 16.2. The molecule has 1 heterocycles. The van der Waals surface area contributed by atoms with Crippen LogP contribution < -0.4 is 10.6 Å². The molecule has 2 unspecified atom stereocenters. The first-order valence-corrected chi connectivity index (χ1v) is 7.95. The molecule has 0 spiro atoms. The first kappa shape index (κ1) is 16.5. The number of amides is 2. The molecule has 5 nitrogen and oxygen atoms in total. The lowest BCUT2D eigenvalue weighted by Gasteiger charge is -2.38. The second-order valence-corrected chi connectivity index (χ2v) is 5.80. The number of carbonyl (C=O) groups is 2. The number of rotatable bonds is 5. The minimum atomic E-state index is -0.0859. The Morgan fingerprint density at radius 1 is 1.27 bits per heavy atom. The summed E-state index contributed by atoms with van der Waals surface area (Å²) >= 11 is 0. The van der Waals surface area contributed by atoms with Crippen molar-refractivity contribution in [3.8, 4) is 0 Å². The molecule has 1 aromatic rings. The van der Waals surface area contributed by atoms with Crippen LogP contribution in [-0.4, -0.2) is 48.4 Å². The normalized spacial score (nSPS) is 21.5. The van der Waals surface area contributed by atoms with Crippen LogP contribution in [-0.2, 0) is 4.79 Å². The van der Waals surface area contributed by atoms with Crippen LogP contribution in [0.1, 0.15) is 37.0 Å². The van der Waals surface area contributed by atoms with Crippen molar-refractivity contribution in [1.29, 1.82) is 0 Å². The Morgan fingerprint density at radius 3 is 2.73 bits per heavy atom. The van der Waals surface area contributed by atoms with Crippen LogP contribution in [0.5, 0.6) is 0 Å². The van der Waals surface area contributed by atoms with Gasteiger partial charge in [-0.2, -0.15) is 0 Å². The quantitative estimate of drug-likeness (QED) is 0.809. The molecule has 1 saturated heterocycles. The third-order valence-electron chi connectivity index (χ3n) is 4.24. The molecule has 2 rings (SSSR count). The van der Waals surface area contributed by atoms with E-state index in [1.807, 2.05) is 23.1 Å². The summed E-state index contributed by atoms with van der Waals surface area (Å²) in [6, 6.07) is 9.67. The molecule has 1 aliphatic rings. The predicted octanol–water partition coefficient (Wildman–Crippen LogP) is 1.41. The van der Waals surface area contributed by atoms with Crippen molar-refractivity contribution in [3.05, 3.63) is 35.9 Å². The fourth-order valence-corrected chi connectivity index (χ4v) is 2.69. The van der Waals surface area contributed by atoms with Gasteiger partial charge >= 0.3 is 0 Å². The molecule has 0 bridgehead atoms. The summed E-state index contributed by atoms with van der Waals surface area (Å²) < 4.78 is 0. The Hall–Kier alpha value is -1.88. The first-order chi connectivity index (χ1) is 10.6. The van der Waals surface area contributed by atoms with E-state index in [0.29, 0.717) is 31.0 Å². The van der Waals surface area contributed by atoms with E-state index in [0.717, 1.165) is 13.1 Å². The van der Waals surface area contributed by atoms with E-state index in [-0.39, 0.29) is 17.9 Å². The molecule has 2 atom stereocenters. The van der Waals surface area contributed by atoms with Crippen molar-refractivity contribution in [2.45, 2.75) is 38.8 Å². The number of benzene rings is 1. The summed E-state index contributed by atoms with van der Waals surface area (Å²) in [6.45, 7) is 6.31. The van der Waals surface area contributed by atoms with Gasteiger partial charge in [-0.25, -0.2) is 0 Å². The molecule has 5 heteroatoms. The Kier molecular flexibility index (Phi) is 5.95. The maximum atomic E-state index is 12.3. The van der Waals surface area contributed by atoms with Crippen molar-refractivity contribution >= 4 is 11.8 Å². The highest BCUT2D eigenvalue weighted by Crippen LogP contribution is 2.11. The fourth-order valence-electron chi connectivity index (χ4n) is 2.69. The van der Waals surface area contributed by atoms with Crippen LogP contribution in [0.4, 0.5) is 0 Å². The molecule has 0 radical (unpaired) electrons. The molecule has 2 N–H and O–H groups in total. The maximum absolute atomic E-state index is 12.3. The summed E-state index contributed by atoms with van der Waals surface area (Å²) in [5, 5.41) is 6.22. The second kappa shape index (κ2) is 7.94. The molecule has 1 fully saturated rings. The van der Waals surface area contributed by atoms with Crippen molar-refractivity contribution in [1.82, 2.24) is 15.5 Å². The van der Waals surface area contributed by atoms with Crippen LogP contribution in [0.15, 0.2) is 30.3 Å². The van der Waals surface area contributed by atoms with Gasteiger partial charge in [0, 0.05) is 43.7 Å². The molecule has 0 aliphatic carbocycles. The zero-order chi connectivity index (χ0) is 15.9. The third-order valence-corrected chi connectivity index (χ3v) is 4.24. The van der Waals surface area contributed by atoms with Crippen molar-refractivity contribution < 1.29 is 9.59 Å². The lowest BCUT2D eigenvalue weighted by molar-refractivity contribution is -0.134. The molecule has 0 aromatic heterocycles. The Balaban J connectivity index is 1.70. The van der Waals surface area contributed by atoms with Gasteiger partial charge in [0.15, 0.2) is 0 Å². The topological polar surface area (TPSA) is 61.4 Å². The number of hydrogen-bond donors (Lipinski definition) is 2. The van der Waals surface area contributed by atoms with E-state index in [1.165, 1.54) is 0 Å². The van der Waals surface area contributed by atoms with Gasteiger partial charge in [0.25, 0.3) is 5.91 Å². The van der Waals surface area contributed by atoms with Crippen molar-refractivity contribution in [3.63, 3.8) is 0 Å². The largest absolute Gasteiger partial charge is 0.352 e. The van der Waals surface area contributed by atoms with Crippen LogP contribution in [0.3, 0.4) is 0 Å². The second-order valence-electron chi connectivity index (χ2n) is 5.80. The highest BCUT2D eigenvalue weighted by Gasteiger charge is 2.27. The Labute approximate surface area is 132 Å². The van der Waals surface area contributed by atoms with Gasteiger partial charge in [-0.15, -0.1) is 0 Å². The zero-order valence-corrected chi connectivity index (χ0v) is 13.3. The number of piperazine rings is 1. The lowest BCUT2D eigenvalue weighted by Crippen LogP contribution is -2.57. The van der Waals surface area contributed by atoms with Crippen molar-refractivity contribution in [2.24, 2.45) is 0 Å². The third kappa shape index (κ3) is 4.31. The molecule has 0 saturated carbocycles. The Bertz CT molecular complexity index is 504. The van der Waals surface area contributed by atoms with E-state index in [2.05, 4.69) is 24.5 Å². The molecule has 22 heavy (non-hydrogen) atoms. The summed E-state index contributed by atoms with van der Waals surface area (Å²) in [4.78, 5) is 26.1. The highest BCUT2D eigenvalue weighted by molar-refractivity contribution is 5.94. The van der Waals surface area contributed by atoms with Crippen LogP contribution in [0, 0.1) is 0 Å². The molecule has 1 aromatic carbocycles. The first-order valence-electron chi connectivity index (χ1n) is 7.95. The van der Waals surface area contributed by atoms with Gasteiger partial charge in [0.1, 0.15) is 0 Å². The van der Waals surface area contributed by atoms with Gasteiger partial charge in [-0.3, -0.25) is 9.59 Å². The monoisotopic (exact) mass is 303 g/mol. The lowest BCUT2D eigenvalue weighted by atomic mass is 10.1. The van der Waals surface area contributed by atoms with Gasteiger partial charge in [-0.05, 0) is 32.4 Å². The predicted molar refractivity (Wildman–Crippen MR) is 86.6 cm³/mol. The van der Waals surface area contributed by atoms with Gasteiger partial charge in [0.05, 0.1) is 0 Å². The summed E-state index contributed by atoms with van der Waals surface area (Å²) in [7, 11) is 0. The number of nitrogens with zero attached hydrogens (tertiary/aromatic N) is 1. The van der Waals surface area contributed by atoms with Gasteiger partial charge < -0.3 is 15.5 Å². The van der Waals surface area contributed by atoms with Crippen LogP contribution >= 0.6 is 0 Å². The number of hydrogen-bond acceptors (Lipinski definition) is 3. The van der Waals surface area contributed by atoms with Crippen LogP contribution in [0.25, 0.3) is 0 Å². The molecular formula is C17H25N3O2. The molecule has 1 aliphatic heterocycles. The minimum absolute atomic E-state index is 0.0859. The number of carbonyl (C=O) groups excluding carboxylic acids is 2. The SMILES string of the molecule is CC1NCCN(C(=O)CCCNC(=O)c2ccccc2)C1C. The van der Waals surface area contributed by atoms with E-state index >= 15 is 0 Å². The van der Waals surface area contributed by atoms with Crippen molar-refractivity contribution in [2.75, 3.05) is 19.6 Å². The average molecular weight is 303 g/mol. The summed E-state index contributed by atoms with van der Waals surface area (Å²) in [6.07, 6.45) is 1.15. The summed E-state index contributed by atoms with van der Waals surface area (Å²) in [5.74, 6) is 0.0898. The standard InChI is InChI=1S/C17H25N3O2/c1-13-14(2)20(12-11-18-13)16(21)9-6-10-19-17(22)15-7-4-3-5-8-15/h3-5,7-8,13-14,18H,6,9-12H2,1-2H3,(H,19,22). The molecular weight excluding hydrogens is 278 g/mol. The Morgan fingerprint density at radius 2 is 2.00 bits per heavy atom. The van der Waals surface area contributed by atoms with Gasteiger partial charge in [-0.1, -0.05) is 18.2 Å². The van der Waals surface area contributed by atoms with E-state index in [1.54, 1.807) is 12.1 Å². The molecule has 120 valence electrons. The van der Waals surface area contributed by atoms with E-state index < -0.39 is 0 Å². The van der Waals surface area contributed by atoms with Crippen LogP contribution in [0.2, 0.25) is 0 Å². The minimum Gasteiger partial charge on any atom is -0.352 e. The number of nitrogens with one attached hydrogen (secondary N) is 2. The average Bonchev–Trinajstić information content (AvgIpc) is 2.54. The van der Waals surface area contributed by atoms with Gasteiger partial charge in [0.2, 0.25) is 5.91 Å². The summed E-state index contributed by atoms with van der Waals surface area (Å²) in [5.41, 5.74) is 0.651. The maximum Gasteiger partial charge on any atom is 0.251 e. The fraction of sp³-hybridized carbons (Fsp3) is 0.529. The smallest absolute Gasteiger partial charge is 0.251 e. The molecule has 2 amide bonds. The zero-order valence-electron chi connectivity index (χ0n) is 13.3. The van der Waals surface area contributed by atoms with E-state index in [4.69, 9.17) is 0 Å². The van der Waals surface area contributed by atoms with E-state index in [9.17, 15) is 9.59 Å².